The topological polar surface area (TPSA) is 88.1 Å². The van der Waals surface area contributed by atoms with E-state index in [0.29, 0.717) is 24.4 Å². The van der Waals surface area contributed by atoms with Gasteiger partial charge >= 0.3 is 0 Å². The standard InChI is InChI=1S/C17H16BrN3O4S/c18-12-2-3-15-13(9-12)14(5-7-25-15)19-17(22)11-1-4-16-20-26(23,24)8-6-21(16)10-11/h1-4,9-10,14H,5-8H2,(H,19,22). The summed E-state index contributed by atoms with van der Waals surface area (Å²) in [4.78, 5) is 14.4. The SMILES string of the molecule is O=C(NC1CCOc2ccc(Br)cc21)C1=CN2CCS(=O)(=O)N=C2C=C1. The van der Waals surface area contributed by atoms with Crippen molar-refractivity contribution in [1.29, 1.82) is 0 Å². The molecule has 9 heteroatoms. The van der Waals surface area contributed by atoms with Crippen molar-refractivity contribution in [1.82, 2.24) is 10.2 Å². The Morgan fingerprint density at radius 2 is 2.19 bits per heavy atom. The zero-order valence-corrected chi connectivity index (χ0v) is 16.1. The van der Waals surface area contributed by atoms with E-state index in [1.54, 1.807) is 23.3 Å². The van der Waals surface area contributed by atoms with Gasteiger partial charge in [-0.05, 0) is 30.4 Å². The molecular weight excluding hydrogens is 422 g/mol. The molecule has 1 aromatic carbocycles. The van der Waals surface area contributed by atoms with Gasteiger partial charge in [-0.2, -0.15) is 0 Å². The van der Waals surface area contributed by atoms with Crippen molar-refractivity contribution in [3.05, 3.63) is 52.2 Å². The summed E-state index contributed by atoms with van der Waals surface area (Å²) in [5.41, 5.74) is 1.40. The zero-order valence-electron chi connectivity index (χ0n) is 13.7. The van der Waals surface area contributed by atoms with Gasteiger partial charge in [0, 0.05) is 29.2 Å². The molecule has 0 saturated heterocycles. The fourth-order valence-electron chi connectivity index (χ4n) is 3.09. The van der Waals surface area contributed by atoms with Gasteiger partial charge < -0.3 is 15.0 Å². The van der Waals surface area contributed by atoms with Gasteiger partial charge in [-0.15, -0.1) is 4.40 Å². The van der Waals surface area contributed by atoms with Crippen molar-refractivity contribution in [2.24, 2.45) is 4.40 Å². The third-order valence-corrected chi connectivity index (χ3v) is 6.06. The Morgan fingerprint density at radius 1 is 1.35 bits per heavy atom. The minimum atomic E-state index is -3.40. The fourth-order valence-corrected chi connectivity index (χ4v) is 4.44. The van der Waals surface area contributed by atoms with E-state index < -0.39 is 10.0 Å². The minimum absolute atomic E-state index is 0.0584. The highest BCUT2D eigenvalue weighted by Gasteiger charge is 2.27. The largest absolute Gasteiger partial charge is 0.493 e. The summed E-state index contributed by atoms with van der Waals surface area (Å²) in [6.07, 6.45) is 5.47. The molecule has 0 radical (unpaired) electrons. The fraction of sp³-hybridized carbons (Fsp3) is 0.294. The van der Waals surface area contributed by atoms with Crippen LogP contribution in [0.3, 0.4) is 0 Å². The van der Waals surface area contributed by atoms with Crippen LogP contribution >= 0.6 is 15.9 Å². The molecule has 26 heavy (non-hydrogen) atoms. The quantitative estimate of drug-likeness (QED) is 0.762. The van der Waals surface area contributed by atoms with E-state index >= 15 is 0 Å². The first-order valence-corrected chi connectivity index (χ1v) is 10.5. The molecular formula is C17H16BrN3O4S. The molecule has 0 aliphatic carbocycles. The lowest BCUT2D eigenvalue weighted by molar-refractivity contribution is -0.118. The predicted molar refractivity (Wildman–Crippen MR) is 100 cm³/mol. The highest BCUT2D eigenvalue weighted by molar-refractivity contribution is 9.10. The summed E-state index contributed by atoms with van der Waals surface area (Å²) < 4.78 is 33.4. The molecule has 1 amide bonds. The van der Waals surface area contributed by atoms with Gasteiger partial charge in [-0.1, -0.05) is 15.9 Å². The van der Waals surface area contributed by atoms with E-state index in [2.05, 4.69) is 25.6 Å². The number of hydrogen-bond acceptors (Lipinski definition) is 5. The van der Waals surface area contributed by atoms with Crippen molar-refractivity contribution in [2.45, 2.75) is 12.5 Å². The van der Waals surface area contributed by atoms with Crippen LogP contribution in [0.25, 0.3) is 0 Å². The van der Waals surface area contributed by atoms with Crippen molar-refractivity contribution >= 4 is 37.7 Å². The van der Waals surface area contributed by atoms with Gasteiger partial charge in [0.05, 0.1) is 24.0 Å². The molecule has 0 spiro atoms. The monoisotopic (exact) mass is 437 g/mol. The number of nitrogens with zero attached hydrogens (tertiary/aromatic N) is 2. The molecule has 1 atom stereocenters. The number of fused-ring (bicyclic) bond motifs is 2. The van der Waals surface area contributed by atoms with E-state index in [4.69, 9.17) is 4.74 Å². The maximum Gasteiger partial charge on any atom is 0.256 e. The Labute approximate surface area is 159 Å². The summed E-state index contributed by atoms with van der Waals surface area (Å²) in [6, 6.07) is 5.59. The number of amidine groups is 1. The zero-order chi connectivity index (χ0) is 18.3. The molecule has 1 aromatic rings. The summed E-state index contributed by atoms with van der Waals surface area (Å²) in [7, 11) is -3.40. The molecule has 3 aliphatic heterocycles. The second-order valence-corrected chi connectivity index (χ2v) is 8.86. The molecule has 0 aromatic heterocycles. The molecule has 0 saturated carbocycles. The lowest BCUT2D eigenvalue weighted by Gasteiger charge is -2.29. The van der Waals surface area contributed by atoms with Gasteiger partial charge in [0.2, 0.25) is 0 Å². The molecule has 0 bridgehead atoms. The maximum absolute atomic E-state index is 12.7. The van der Waals surface area contributed by atoms with Crippen molar-refractivity contribution in [3.63, 3.8) is 0 Å². The lowest BCUT2D eigenvalue weighted by atomic mass is 10.00. The molecule has 7 nitrogen and oxygen atoms in total. The van der Waals surface area contributed by atoms with Crippen molar-refractivity contribution < 1.29 is 17.9 Å². The number of rotatable bonds is 2. The number of nitrogens with one attached hydrogen (secondary N) is 1. The number of sulfonamides is 1. The van der Waals surface area contributed by atoms with Gasteiger partial charge in [0.25, 0.3) is 15.9 Å². The average molecular weight is 438 g/mol. The van der Waals surface area contributed by atoms with E-state index in [9.17, 15) is 13.2 Å². The Bertz CT molecular complexity index is 968. The van der Waals surface area contributed by atoms with Crippen LogP contribution in [0.15, 0.2) is 51.0 Å². The Hall–Kier alpha value is -2.13. The first-order valence-electron chi connectivity index (χ1n) is 8.14. The third-order valence-electron chi connectivity index (χ3n) is 4.40. The van der Waals surface area contributed by atoms with E-state index in [-0.39, 0.29) is 24.2 Å². The molecule has 136 valence electrons. The normalized spacial score (nSPS) is 23.1. The van der Waals surface area contributed by atoms with Gasteiger partial charge in [-0.25, -0.2) is 8.42 Å². The molecule has 1 unspecified atom stereocenters. The van der Waals surface area contributed by atoms with Crippen molar-refractivity contribution in [2.75, 3.05) is 18.9 Å². The van der Waals surface area contributed by atoms with Crippen LogP contribution in [0.2, 0.25) is 0 Å². The average Bonchev–Trinajstić information content (AvgIpc) is 2.61. The first-order chi connectivity index (χ1) is 12.4. The summed E-state index contributed by atoms with van der Waals surface area (Å²) in [5.74, 6) is 0.838. The molecule has 4 rings (SSSR count). The van der Waals surface area contributed by atoms with Crippen LogP contribution in [-0.4, -0.2) is 44.0 Å². The summed E-state index contributed by atoms with van der Waals surface area (Å²) in [5, 5.41) is 3.04. The van der Waals surface area contributed by atoms with E-state index in [0.717, 1.165) is 15.8 Å². The van der Waals surface area contributed by atoms with Crippen LogP contribution < -0.4 is 10.1 Å². The number of hydrogen-bond donors (Lipinski definition) is 1. The van der Waals surface area contributed by atoms with Crippen LogP contribution in [0.1, 0.15) is 18.0 Å². The number of carbonyl (C=O) groups is 1. The molecule has 3 aliphatic rings. The minimum Gasteiger partial charge on any atom is -0.493 e. The van der Waals surface area contributed by atoms with Gasteiger partial charge in [0.15, 0.2) is 0 Å². The Balaban J connectivity index is 1.53. The summed E-state index contributed by atoms with van der Waals surface area (Å²) in [6.45, 7) is 0.824. The maximum atomic E-state index is 12.7. The molecule has 0 fully saturated rings. The second-order valence-electron chi connectivity index (χ2n) is 6.19. The van der Waals surface area contributed by atoms with Crippen LogP contribution in [0, 0.1) is 0 Å². The number of halogens is 1. The van der Waals surface area contributed by atoms with E-state index in [1.165, 1.54) is 0 Å². The van der Waals surface area contributed by atoms with Crippen LogP contribution in [0.4, 0.5) is 0 Å². The Morgan fingerprint density at radius 3 is 3.04 bits per heavy atom. The number of amides is 1. The van der Waals surface area contributed by atoms with Gasteiger partial charge in [0.1, 0.15) is 11.6 Å². The highest BCUT2D eigenvalue weighted by atomic mass is 79.9. The first kappa shape index (κ1) is 17.3. The second kappa shape index (κ2) is 6.55. The summed E-state index contributed by atoms with van der Waals surface area (Å²) >= 11 is 3.45. The number of ether oxygens (including phenoxy) is 1. The lowest BCUT2D eigenvalue weighted by Crippen LogP contribution is -2.39. The highest BCUT2D eigenvalue weighted by Crippen LogP contribution is 2.34. The number of carbonyl (C=O) groups excluding carboxylic acids is 1. The van der Waals surface area contributed by atoms with Crippen LogP contribution in [0.5, 0.6) is 5.75 Å². The third kappa shape index (κ3) is 3.41. The Kier molecular flexibility index (Phi) is 4.36. The molecule has 3 heterocycles. The molecule has 1 N–H and O–H groups in total. The predicted octanol–water partition coefficient (Wildman–Crippen LogP) is 1.89. The van der Waals surface area contributed by atoms with E-state index in [1.807, 2.05) is 18.2 Å². The smallest absolute Gasteiger partial charge is 0.256 e. The van der Waals surface area contributed by atoms with Crippen LogP contribution in [-0.2, 0) is 14.8 Å². The van der Waals surface area contributed by atoms with Gasteiger partial charge in [-0.3, -0.25) is 4.79 Å². The number of benzene rings is 1. The van der Waals surface area contributed by atoms with Crippen molar-refractivity contribution in [3.8, 4) is 5.75 Å².